The molecule has 1 amide bonds. The minimum absolute atomic E-state index is 0.0624. The number of hydrogen-bond donors (Lipinski definition) is 0. The molecule has 1 fully saturated rings. The van der Waals surface area contributed by atoms with Crippen LogP contribution in [0.3, 0.4) is 0 Å². The molecule has 1 aliphatic rings. The van der Waals surface area contributed by atoms with Crippen molar-refractivity contribution in [3.8, 4) is 0 Å². The van der Waals surface area contributed by atoms with Gasteiger partial charge in [-0.2, -0.15) is 0 Å². The number of amides is 1. The van der Waals surface area contributed by atoms with Crippen molar-refractivity contribution in [2.75, 3.05) is 44.8 Å². The summed E-state index contributed by atoms with van der Waals surface area (Å²) in [5.74, 6) is -0.619. The highest BCUT2D eigenvalue weighted by Gasteiger charge is 2.37. The van der Waals surface area contributed by atoms with Crippen LogP contribution in [-0.2, 0) is 20.7 Å². The fourth-order valence-corrected chi connectivity index (χ4v) is 3.73. The zero-order valence-corrected chi connectivity index (χ0v) is 17.9. The summed E-state index contributed by atoms with van der Waals surface area (Å²) in [6, 6.07) is 5.87. The van der Waals surface area contributed by atoms with Gasteiger partial charge in [-0.3, -0.25) is 4.79 Å². The summed E-state index contributed by atoms with van der Waals surface area (Å²) in [5, 5.41) is 0.871. The number of esters is 1. The first-order chi connectivity index (χ1) is 14.4. The Bertz CT molecular complexity index is 989. The molecule has 0 N–H and O–H groups in total. The van der Waals surface area contributed by atoms with Crippen LogP contribution in [0.4, 0.5) is 10.5 Å². The van der Waals surface area contributed by atoms with E-state index < -0.39 is 11.7 Å². The molecular formula is C22H28N2O6. The molecular weight excluding hydrogens is 388 g/mol. The first-order valence-corrected chi connectivity index (χ1v) is 10.2. The number of fused-ring (bicyclic) bond motifs is 1. The summed E-state index contributed by atoms with van der Waals surface area (Å²) in [6.07, 6.45) is -0.233. The van der Waals surface area contributed by atoms with E-state index in [1.165, 1.54) is 12.0 Å². The van der Waals surface area contributed by atoms with E-state index >= 15 is 0 Å². The van der Waals surface area contributed by atoms with Crippen LogP contribution in [-0.4, -0.2) is 56.9 Å². The molecule has 0 atom stereocenters. The lowest BCUT2D eigenvalue weighted by atomic mass is 10.0. The standard InChI is InChI=1S/C22H28N2O6/c1-5-23(6-2)16-7-8-17-14(3)18(21(26)30-19(17)11-16)9-10-29-22(27)24-12-15(13-24)20(25)28-4/h7-8,11,15H,5-6,9-10,12-13H2,1-4H3. The summed E-state index contributed by atoms with van der Waals surface area (Å²) in [7, 11) is 1.32. The Morgan fingerprint density at radius 3 is 2.57 bits per heavy atom. The van der Waals surface area contributed by atoms with E-state index in [9.17, 15) is 14.4 Å². The Hall–Kier alpha value is -3.03. The van der Waals surface area contributed by atoms with Gasteiger partial charge in [-0.1, -0.05) is 0 Å². The van der Waals surface area contributed by atoms with E-state index in [0.29, 0.717) is 11.1 Å². The van der Waals surface area contributed by atoms with Crippen molar-refractivity contribution in [2.24, 2.45) is 5.92 Å². The number of anilines is 1. The van der Waals surface area contributed by atoms with Crippen molar-refractivity contribution in [1.82, 2.24) is 4.90 Å². The van der Waals surface area contributed by atoms with Gasteiger partial charge in [0.1, 0.15) is 5.58 Å². The number of aryl methyl sites for hydroxylation is 1. The summed E-state index contributed by atoms with van der Waals surface area (Å²) in [5.41, 5.74) is 2.48. The van der Waals surface area contributed by atoms with Crippen molar-refractivity contribution in [1.29, 1.82) is 0 Å². The predicted octanol–water partition coefficient (Wildman–Crippen LogP) is 2.73. The number of benzene rings is 1. The normalized spacial score (nSPS) is 13.8. The summed E-state index contributed by atoms with van der Waals surface area (Å²) >= 11 is 0. The molecule has 3 rings (SSSR count). The van der Waals surface area contributed by atoms with E-state index in [0.717, 1.165) is 29.7 Å². The lowest BCUT2D eigenvalue weighted by Gasteiger charge is -2.36. The van der Waals surface area contributed by atoms with Gasteiger partial charge >= 0.3 is 17.7 Å². The second kappa shape index (κ2) is 9.19. The third-order valence-electron chi connectivity index (χ3n) is 5.65. The van der Waals surface area contributed by atoms with Crippen LogP contribution in [0.5, 0.6) is 0 Å². The number of hydrogen-bond acceptors (Lipinski definition) is 7. The molecule has 0 radical (unpaired) electrons. The first kappa shape index (κ1) is 21.7. The highest BCUT2D eigenvalue weighted by molar-refractivity contribution is 5.84. The van der Waals surface area contributed by atoms with E-state index in [2.05, 4.69) is 23.5 Å². The van der Waals surface area contributed by atoms with Crippen molar-refractivity contribution < 1.29 is 23.5 Å². The summed E-state index contributed by atoms with van der Waals surface area (Å²) in [4.78, 5) is 39.6. The van der Waals surface area contributed by atoms with Gasteiger partial charge in [-0.15, -0.1) is 0 Å². The topological polar surface area (TPSA) is 89.3 Å². The molecule has 0 spiro atoms. The van der Waals surface area contributed by atoms with Crippen molar-refractivity contribution in [3.63, 3.8) is 0 Å². The minimum atomic E-state index is -0.498. The van der Waals surface area contributed by atoms with E-state index in [1.54, 1.807) is 0 Å². The van der Waals surface area contributed by atoms with Crippen LogP contribution in [0.15, 0.2) is 27.4 Å². The highest BCUT2D eigenvalue weighted by Crippen LogP contribution is 2.25. The maximum Gasteiger partial charge on any atom is 0.409 e. The number of rotatable bonds is 7. The summed E-state index contributed by atoms with van der Waals surface area (Å²) in [6.45, 7) is 8.41. The molecule has 8 heteroatoms. The van der Waals surface area contributed by atoms with E-state index in [-0.39, 0.29) is 38.0 Å². The molecule has 0 unspecified atom stereocenters. The average molecular weight is 416 g/mol. The Balaban J connectivity index is 1.65. The molecule has 2 heterocycles. The van der Waals surface area contributed by atoms with Gasteiger partial charge in [0.25, 0.3) is 0 Å². The van der Waals surface area contributed by atoms with Crippen molar-refractivity contribution in [2.45, 2.75) is 27.2 Å². The number of methoxy groups -OCH3 is 1. The average Bonchev–Trinajstić information content (AvgIpc) is 2.69. The van der Waals surface area contributed by atoms with Gasteiger partial charge in [0.2, 0.25) is 0 Å². The molecule has 1 aliphatic heterocycles. The van der Waals surface area contributed by atoms with Gasteiger partial charge in [0.15, 0.2) is 0 Å². The minimum Gasteiger partial charge on any atom is -0.469 e. The zero-order valence-electron chi connectivity index (χ0n) is 17.9. The van der Waals surface area contributed by atoms with Crippen LogP contribution >= 0.6 is 0 Å². The number of carbonyl (C=O) groups is 2. The van der Waals surface area contributed by atoms with Crippen LogP contribution < -0.4 is 10.5 Å². The largest absolute Gasteiger partial charge is 0.469 e. The molecule has 2 aromatic rings. The third kappa shape index (κ3) is 4.27. The number of nitrogens with zero attached hydrogens (tertiary/aromatic N) is 2. The Kier molecular flexibility index (Phi) is 6.64. The Morgan fingerprint density at radius 2 is 1.93 bits per heavy atom. The summed E-state index contributed by atoms with van der Waals surface area (Å²) < 4.78 is 15.5. The van der Waals surface area contributed by atoms with Gasteiger partial charge in [-0.25, -0.2) is 9.59 Å². The fourth-order valence-electron chi connectivity index (χ4n) is 3.73. The Morgan fingerprint density at radius 1 is 1.23 bits per heavy atom. The molecule has 0 bridgehead atoms. The molecule has 1 aromatic carbocycles. The van der Waals surface area contributed by atoms with E-state index in [4.69, 9.17) is 9.15 Å². The predicted molar refractivity (Wildman–Crippen MR) is 113 cm³/mol. The van der Waals surface area contributed by atoms with Crippen molar-refractivity contribution >= 4 is 28.7 Å². The second-order valence-electron chi connectivity index (χ2n) is 7.34. The Labute approximate surface area is 175 Å². The molecule has 162 valence electrons. The van der Waals surface area contributed by atoms with E-state index in [1.807, 2.05) is 25.1 Å². The van der Waals surface area contributed by atoms with Gasteiger partial charge < -0.3 is 23.7 Å². The van der Waals surface area contributed by atoms with Crippen LogP contribution in [0.2, 0.25) is 0 Å². The van der Waals surface area contributed by atoms with Crippen molar-refractivity contribution in [3.05, 3.63) is 39.7 Å². The lowest BCUT2D eigenvalue weighted by molar-refractivity contribution is -0.150. The number of likely N-dealkylation sites (tertiary alicyclic amines) is 1. The monoisotopic (exact) mass is 416 g/mol. The van der Waals surface area contributed by atoms with Gasteiger partial charge in [-0.05, 0) is 38.5 Å². The second-order valence-corrected chi connectivity index (χ2v) is 7.34. The number of carbonyl (C=O) groups excluding carboxylic acids is 2. The maximum absolute atomic E-state index is 12.5. The molecule has 30 heavy (non-hydrogen) atoms. The maximum atomic E-state index is 12.5. The lowest BCUT2D eigenvalue weighted by Crippen LogP contribution is -2.53. The van der Waals surface area contributed by atoms with Crippen LogP contribution in [0, 0.1) is 12.8 Å². The number of ether oxygens (including phenoxy) is 2. The SMILES string of the molecule is CCN(CC)c1ccc2c(C)c(CCOC(=O)N3CC(C(=O)OC)C3)c(=O)oc2c1. The first-order valence-electron chi connectivity index (χ1n) is 10.2. The fraction of sp³-hybridized carbons (Fsp3) is 0.500. The van der Waals surface area contributed by atoms with Gasteiger partial charge in [0, 0.05) is 55.3 Å². The van der Waals surface area contributed by atoms with Crippen LogP contribution in [0.1, 0.15) is 25.0 Å². The molecule has 1 saturated heterocycles. The molecule has 8 nitrogen and oxygen atoms in total. The highest BCUT2D eigenvalue weighted by atomic mass is 16.6. The molecule has 0 aliphatic carbocycles. The smallest absolute Gasteiger partial charge is 0.409 e. The molecule has 1 aromatic heterocycles. The third-order valence-corrected chi connectivity index (χ3v) is 5.65. The van der Waals surface area contributed by atoms with Gasteiger partial charge in [0.05, 0.1) is 19.6 Å². The van der Waals surface area contributed by atoms with Crippen LogP contribution in [0.25, 0.3) is 11.0 Å². The zero-order chi connectivity index (χ0) is 21.8. The quantitative estimate of drug-likeness (QED) is 0.506. The molecule has 0 saturated carbocycles.